The third kappa shape index (κ3) is 6.03. The number of benzene rings is 2. The first kappa shape index (κ1) is 32.2. The number of nitrogens with two attached hydrogens (primary N) is 1. The third-order valence-corrected chi connectivity index (χ3v) is 11.0. The largest absolute Gasteiger partial charge is 0.504 e. The molecule has 260 valence electrons. The highest BCUT2D eigenvalue weighted by molar-refractivity contribution is 6.02. The van der Waals surface area contributed by atoms with Gasteiger partial charge in [0.05, 0.1) is 30.2 Å². The number of phenols is 1. The number of nitrogens with one attached hydrogen (secondary N) is 1. The molecule has 2 amide bonds. The van der Waals surface area contributed by atoms with Gasteiger partial charge in [-0.05, 0) is 80.7 Å². The van der Waals surface area contributed by atoms with Gasteiger partial charge in [-0.2, -0.15) is 5.10 Å². The molecule has 2 aromatic carbocycles. The lowest BCUT2D eigenvalue weighted by Crippen LogP contribution is -2.54. The van der Waals surface area contributed by atoms with Crippen molar-refractivity contribution in [3.05, 3.63) is 66.2 Å². The normalized spacial score (nSPS) is 23.3. The minimum Gasteiger partial charge on any atom is -0.504 e. The smallest absolute Gasteiger partial charge is 0.249 e. The zero-order chi connectivity index (χ0) is 34.4. The van der Waals surface area contributed by atoms with Crippen molar-refractivity contribution >= 4 is 23.3 Å². The van der Waals surface area contributed by atoms with Crippen molar-refractivity contribution in [2.24, 2.45) is 0 Å². The van der Waals surface area contributed by atoms with Crippen molar-refractivity contribution in [3.8, 4) is 33.9 Å². The fourth-order valence-electron chi connectivity index (χ4n) is 8.35. The molecule has 1 aliphatic carbocycles. The average molecular weight is 681 g/mol. The van der Waals surface area contributed by atoms with Crippen LogP contribution in [0.3, 0.4) is 0 Å². The lowest BCUT2D eigenvalue weighted by atomic mass is 9.80. The van der Waals surface area contributed by atoms with Crippen molar-refractivity contribution in [1.29, 1.82) is 0 Å². The van der Waals surface area contributed by atoms with E-state index in [1.54, 1.807) is 18.3 Å². The maximum absolute atomic E-state index is 14.0. The van der Waals surface area contributed by atoms with E-state index in [2.05, 4.69) is 42.5 Å². The molecule has 3 fully saturated rings. The molecule has 0 radical (unpaired) electrons. The number of hydrogen-bond acceptors (Lipinski definition) is 10. The van der Waals surface area contributed by atoms with Crippen LogP contribution in [0.15, 0.2) is 54.9 Å². The minimum absolute atomic E-state index is 0.198. The number of nitrogen functional groups attached to an aromatic ring is 1. The molecule has 5 heterocycles. The van der Waals surface area contributed by atoms with Gasteiger partial charge in [0.25, 0.3) is 0 Å². The van der Waals surface area contributed by atoms with Crippen LogP contribution in [0.5, 0.6) is 11.5 Å². The van der Waals surface area contributed by atoms with Crippen LogP contribution in [-0.4, -0.2) is 80.1 Å². The van der Waals surface area contributed by atoms with Gasteiger partial charge in [0.2, 0.25) is 11.8 Å². The number of ether oxygens (including phenoxy) is 1. The molecule has 4 aliphatic rings. The van der Waals surface area contributed by atoms with Crippen LogP contribution in [0.25, 0.3) is 22.4 Å². The summed E-state index contributed by atoms with van der Waals surface area (Å²) < 4.78 is 22.3. The number of likely N-dealkylation sites (tertiary alicyclic amines) is 1. The predicted octanol–water partition coefficient (Wildman–Crippen LogP) is 4.80. The van der Waals surface area contributed by atoms with Gasteiger partial charge in [-0.1, -0.05) is 18.2 Å². The number of carbonyl (C=O) groups excluding carboxylic acids is 2. The van der Waals surface area contributed by atoms with Crippen LogP contribution >= 0.6 is 0 Å². The first-order valence-corrected chi connectivity index (χ1v) is 17.6. The Kier molecular flexibility index (Phi) is 8.59. The molecule has 1 atom stereocenters. The summed E-state index contributed by atoms with van der Waals surface area (Å²) >= 11 is 0. The number of halogens is 1. The van der Waals surface area contributed by atoms with Gasteiger partial charge in [0, 0.05) is 48.4 Å². The summed E-state index contributed by atoms with van der Waals surface area (Å²) in [6.45, 7) is 3.16. The van der Waals surface area contributed by atoms with Crippen LogP contribution in [0, 0.1) is 5.82 Å². The monoisotopic (exact) mass is 680 g/mol. The molecule has 13 heteroatoms. The van der Waals surface area contributed by atoms with Gasteiger partial charge in [-0.3, -0.25) is 19.6 Å². The lowest BCUT2D eigenvalue weighted by Gasteiger charge is -2.42. The maximum Gasteiger partial charge on any atom is 0.249 e. The molecule has 12 nitrogen and oxygen atoms in total. The minimum atomic E-state index is -0.723. The van der Waals surface area contributed by atoms with E-state index in [4.69, 9.17) is 10.5 Å². The number of para-hydroxylation sites is 2. The second-order valence-corrected chi connectivity index (χ2v) is 13.9. The number of aromatic nitrogens is 4. The number of fused-ring (bicyclic) bond motifs is 1. The van der Waals surface area contributed by atoms with E-state index in [9.17, 15) is 19.1 Å². The summed E-state index contributed by atoms with van der Waals surface area (Å²) in [6.07, 6.45) is 11.0. The van der Waals surface area contributed by atoms with E-state index in [1.807, 2.05) is 16.9 Å². The number of nitrogens with zero attached hydrogens (tertiary/aromatic N) is 6. The van der Waals surface area contributed by atoms with Crippen LogP contribution in [-0.2, 0) is 9.59 Å². The van der Waals surface area contributed by atoms with Gasteiger partial charge in [0.15, 0.2) is 17.4 Å². The van der Waals surface area contributed by atoms with E-state index < -0.39 is 11.6 Å². The molecular formula is C37H41FN8O4. The molecule has 0 unspecified atom stereocenters. The highest BCUT2D eigenvalue weighted by Crippen LogP contribution is 2.45. The molecule has 2 saturated heterocycles. The number of amides is 2. The Bertz CT molecular complexity index is 1920. The summed E-state index contributed by atoms with van der Waals surface area (Å²) in [6, 6.07) is 12.8. The van der Waals surface area contributed by atoms with E-state index in [0.717, 1.165) is 68.6 Å². The Balaban J connectivity index is 0.886. The van der Waals surface area contributed by atoms with Crippen LogP contribution in [0.2, 0.25) is 0 Å². The summed E-state index contributed by atoms with van der Waals surface area (Å²) in [5.41, 5.74) is 10.4. The van der Waals surface area contributed by atoms with E-state index >= 15 is 0 Å². The number of piperidine rings is 2. The number of rotatable bonds is 6. The molecular weight excluding hydrogens is 639 g/mol. The topological polar surface area (TPSA) is 152 Å². The summed E-state index contributed by atoms with van der Waals surface area (Å²) in [7, 11) is 0. The Morgan fingerprint density at radius 2 is 1.72 bits per heavy atom. The second kappa shape index (κ2) is 13.3. The molecule has 1 saturated carbocycles. The number of carbonyl (C=O) groups is 2. The van der Waals surface area contributed by atoms with Crippen molar-refractivity contribution in [2.75, 3.05) is 36.9 Å². The predicted molar refractivity (Wildman–Crippen MR) is 185 cm³/mol. The van der Waals surface area contributed by atoms with E-state index in [1.165, 1.54) is 17.7 Å². The third-order valence-electron chi connectivity index (χ3n) is 11.0. The molecule has 4 aromatic rings. The summed E-state index contributed by atoms with van der Waals surface area (Å²) in [5.74, 6) is -0.0631. The number of hydrogen-bond donors (Lipinski definition) is 3. The molecule has 50 heavy (non-hydrogen) atoms. The van der Waals surface area contributed by atoms with Gasteiger partial charge in [0.1, 0.15) is 18.4 Å². The molecule has 0 spiro atoms. The Hall–Kier alpha value is -5.04. The molecule has 2 aromatic heterocycles. The highest BCUT2D eigenvalue weighted by Gasteiger charge is 2.37. The van der Waals surface area contributed by atoms with Gasteiger partial charge in [-0.25, -0.2) is 4.39 Å². The van der Waals surface area contributed by atoms with Crippen LogP contribution in [0.1, 0.15) is 68.9 Å². The first-order chi connectivity index (χ1) is 24.3. The van der Waals surface area contributed by atoms with Gasteiger partial charge >= 0.3 is 0 Å². The number of phenolic OH excluding ortho intramolecular Hbond substituents is 1. The Labute approximate surface area is 289 Å². The van der Waals surface area contributed by atoms with Crippen molar-refractivity contribution in [1.82, 2.24) is 30.2 Å². The van der Waals surface area contributed by atoms with Crippen LogP contribution in [0.4, 0.5) is 15.9 Å². The fourth-order valence-corrected chi connectivity index (χ4v) is 8.35. The number of anilines is 2. The van der Waals surface area contributed by atoms with E-state index in [-0.39, 0.29) is 35.3 Å². The van der Waals surface area contributed by atoms with Crippen LogP contribution < -0.4 is 20.7 Å². The molecule has 0 bridgehead atoms. The Morgan fingerprint density at radius 1 is 0.920 bits per heavy atom. The SMILES string of the molecule is Nc1nnc(-c2cccc(F)c2O)cc1-c1cnn(C2CCN([C@H]3CC[C@@H](c4cccc5c4OCCN5[C@H]4CCC(=O)NC4=O)CC3)CC2)c1. The lowest BCUT2D eigenvalue weighted by molar-refractivity contribution is -0.134. The maximum atomic E-state index is 14.0. The number of imide groups is 1. The van der Waals surface area contributed by atoms with E-state index in [0.29, 0.717) is 49.2 Å². The molecule has 8 rings (SSSR count). The van der Waals surface area contributed by atoms with Gasteiger partial charge < -0.3 is 25.4 Å². The Morgan fingerprint density at radius 3 is 2.52 bits per heavy atom. The summed E-state index contributed by atoms with van der Waals surface area (Å²) in [5, 5.41) is 25.6. The summed E-state index contributed by atoms with van der Waals surface area (Å²) in [4.78, 5) is 29.2. The zero-order valence-corrected chi connectivity index (χ0v) is 27.8. The number of aromatic hydroxyl groups is 1. The zero-order valence-electron chi connectivity index (χ0n) is 27.8. The van der Waals surface area contributed by atoms with Crippen molar-refractivity contribution < 1.29 is 23.8 Å². The molecule has 3 aliphatic heterocycles. The van der Waals surface area contributed by atoms with Gasteiger partial charge in [-0.15, -0.1) is 10.2 Å². The highest BCUT2D eigenvalue weighted by atomic mass is 19.1. The molecule has 4 N–H and O–H groups in total. The van der Waals surface area contributed by atoms with Crippen molar-refractivity contribution in [2.45, 2.75) is 75.4 Å². The fraction of sp³-hybridized carbons (Fsp3) is 0.432. The average Bonchev–Trinajstić information content (AvgIpc) is 3.63. The first-order valence-electron chi connectivity index (χ1n) is 17.6. The standard InChI is InChI=1S/C37H41FN8O4/c38-29-5-1-4-27(34(29)48)30-19-28(36(39)43-42-30)23-20-40-46(21-23)25-13-15-44(16-14-25)24-9-7-22(8-10-24)26-3-2-6-31-35(26)50-18-17-45(31)32-11-12-33(47)41-37(32)49/h1-6,19-22,24-25,32,48H,7-18H2,(H2,39,43)(H,41,47,49)/t22-,24+,32-/m0/s1. The quantitative estimate of drug-likeness (QED) is 0.242. The second-order valence-electron chi connectivity index (χ2n) is 13.9. The van der Waals surface area contributed by atoms with Crippen molar-refractivity contribution in [3.63, 3.8) is 0 Å².